The quantitative estimate of drug-likeness (QED) is 0.752. The number of nitrogens with one attached hydrogen (secondary N) is 1. The van der Waals surface area contributed by atoms with Crippen LogP contribution in [0.5, 0.6) is 5.75 Å². The SMILES string of the molecule is COc1ccc(CC(CNC(C)C)CC(C)OC)cc1. The highest BCUT2D eigenvalue weighted by Gasteiger charge is 2.14. The molecule has 2 atom stereocenters. The molecule has 0 heterocycles. The summed E-state index contributed by atoms with van der Waals surface area (Å²) in [6.45, 7) is 7.53. The molecule has 114 valence electrons. The van der Waals surface area contributed by atoms with Gasteiger partial charge in [-0.2, -0.15) is 0 Å². The zero-order valence-electron chi connectivity index (χ0n) is 13.5. The van der Waals surface area contributed by atoms with Crippen LogP contribution in [0, 0.1) is 5.92 Å². The maximum Gasteiger partial charge on any atom is 0.118 e. The molecule has 0 aliphatic carbocycles. The molecule has 1 N–H and O–H groups in total. The van der Waals surface area contributed by atoms with Crippen LogP contribution in [0.2, 0.25) is 0 Å². The van der Waals surface area contributed by atoms with E-state index in [9.17, 15) is 0 Å². The molecule has 3 nitrogen and oxygen atoms in total. The van der Waals surface area contributed by atoms with E-state index in [0.29, 0.717) is 18.1 Å². The predicted molar refractivity (Wildman–Crippen MR) is 84.4 cm³/mol. The molecule has 1 rings (SSSR count). The highest BCUT2D eigenvalue weighted by molar-refractivity contribution is 5.27. The van der Waals surface area contributed by atoms with Crippen molar-refractivity contribution >= 4 is 0 Å². The van der Waals surface area contributed by atoms with Gasteiger partial charge in [0.05, 0.1) is 13.2 Å². The molecule has 0 spiro atoms. The monoisotopic (exact) mass is 279 g/mol. The van der Waals surface area contributed by atoms with E-state index in [1.54, 1.807) is 14.2 Å². The standard InChI is InChI=1S/C17H29NO2/c1-13(2)18-12-16(10-14(3)19-4)11-15-6-8-17(20-5)9-7-15/h6-9,13-14,16,18H,10-12H2,1-5H3. The zero-order valence-corrected chi connectivity index (χ0v) is 13.5. The minimum absolute atomic E-state index is 0.298. The van der Waals surface area contributed by atoms with Crippen LogP contribution in [0.15, 0.2) is 24.3 Å². The van der Waals surface area contributed by atoms with Gasteiger partial charge >= 0.3 is 0 Å². The Bertz CT molecular complexity index is 362. The normalized spacial score (nSPS) is 14.3. The van der Waals surface area contributed by atoms with Gasteiger partial charge in [-0.3, -0.25) is 0 Å². The third-order valence-electron chi connectivity index (χ3n) is 3.57. The van der Waals surface area contributed by atoms with E-state index < -0.39 is 0 Å². The molecule has 0 aliphatic rings. The minimum Gasteiger partial charge on any atom is -0.497 e. The molecule has 0 aliphatic heterocycles. The fourth-order valence-electron chi connectivity index (χ4n) is 2.30. The van der Waals surface area contributed by atoms with Crippen LogP contribution in [0.4, 0.5) is 0 Å². The van der Waals surface area contributed by atoms with Crippen LogP contribution in [-0.4, -0.2) is 32.9 Å². The second-order valence-electron chi connectivity index (χ2n) is 5.76. The molecular formula is C17H29NO2. The topological polar surface area (TPSA) is 30.5 Å². The second kappa shape index (κ2) is 8.98. The predicted octanol–water partition coefficient (Wildman–Crippen LogP) is 3.28. The van der Waals surface area contributed by atoms with Crippen molar-refractivity contribution in [1.82, 2.24) is 5.32 Å². The van der Waals surface area contributed by atoms with E-state index in [1.807, 2.05) is 12.1 Å². The Hall–Kier alpha value is -1.06. The maximum atomic E-state index is 5.41. The van der Waals surface area contributed by atoms with Crippen molar-refractivity contribution < 1.29 is 9.47 Å². The second-order valence-corrected chi connectivity index (χ2v) is 5.76. The van der Waals surface area contributed by atoms with E-state index in [2.05, 4.69) is 38.2 Å². The lowest BCUT2D eigenvalue weighted by atomic mass is 9.93. The summed E-state index contributed by atoms with van der Waals surface area (Å²) in [7, 11) is 3.48. The van der Waals surface area contributed by atoms with Gasteiger partial charge in [0.2, 0.25) is 0 Å². The first-order valence-electron chi connectivity index (χ1n) is 7.44. The van der Waals surface area contributed by atoms with Gasteiger partial charge in [0.1, 0.15) is 5.75 Å². The fraction of sp³-hybridized carbons (Fsp3) is 0.647. The Morgan fingerprint density at radius 3 is 2.20 bits per heavy atom. The van der Waals surface area contributed by atoms with Crippen LogP contribution in [0.1, 0.15) is 32.8 Å². The molecule has 0 radical (unpaired) electrons. The number of ether oxygens (including phenoxy) is 2. The van der Waals surface area contributed by atoms with Crippen molar-refractivity contribution in [2.75, 3.05) is 20.8 Å². The third kappa shape index (κ3) is 6.40. The van der Waals surface area contributed by atoms with Crippen LogP contribution in [0.25, 0.3) is 0 Å². The van der Waals surface area contributed by atoms with E-state index in [0.717, 1.165) is 25.1 Å². The van der Waals surface area contributed by atoms with Gasteiger partial charge in [-0.25, -0.2) is 0 Å². The van der Waals surface area contributed by atoms with Crippen LogP contribution in [0.3, 0.4) is 0 Å². The van der Waals surface area contributed by atoms with Crippen molar-refractivity contribution in [3.63, 3.8) is 0 Å². The Morgan fingerprint density at radius 1 is 1.05 bits per heavy atom. The van der Waals surface area contributed by atoms with E-state index in [-0.39, 0.29) is 0 Å². The zero-order chi connectivity index (χ0) is 15.0. The van der Waals surface area contributed by atoms with Gasteiger partial charge in [-0.05, 0) is 49.9 Å². The summed E-state index contributed by atoms with van der Waals surface area (Å²) in [5, 5.41) is 3.54. The molecule has 2 unspecified atom stereocenters. The molecule has 1 aromatic rings. The first-order chi connectivity index (χ1) is 9.55. The summed E-state index contributed by atoms with van der Waals surface area (Å²) in [4.78, 5) is 0. The summed E-state index contributed by atoms with van der Waals surface area (Å²) in [5.74, 6) is 1.50. The smallest absolute Gasteiger partial charge is 0.118 e. The van der Waals surface area contributed by atoms with Gasteiger partial charge in [0.25, 0.3) is 0 Å². The van der Waals surface area contributed by atoms with Crippen molar-refractivity contribution in [3.8, 4) is 5.75 Å². The maximum absolute atomic E-state index is 5.41. The van der Waals surface area contributed by atoms with Crippen LogP contribution >= 0.6 is 0 Å². The largest absolute Gasteiger partial charge is 0.497 e. The number of rotatable bonds is 9. The molecule has 20 heavy (non-hydrogen) atoms. The van der Waals surface area contributed by atoms with E-state index in [4.69, 9.17) is 9.47 Å². The average molecular weight is 279 g/mol. The van der Waals surface area contributed by atoms with Crippen LogP contribution < -0.4 is 10.1 Å². The molecule has 0 amide bonds. The highest BCUT2D eigenvalue weighted by Crippen LogP contribution is 2.18. The summed E-state index contributed by atoms with van der Waals surface area (Å²) in [5.41, 5.74) is 1.35. The summed E-state index contributed by atoms with van der Waals surface area (Å²) >= 11 is 0. The molecule has 0 saturated heterocycles. The summed E-state index contributed by atoms with van der Waals surface area (Å²) in [6.07, 6.45) is 2.44. The Balaban J connectivity index is 2.61. The number of hydrogen-bond acceptors (Lipinski definition) is 3. The van der Waals surface area contributed by atoms with Crippen molar-refractivity contribution in [3.05, 3.63) is 29.8 Å². The molecular weight excluding hydrogens is 250 g/mol. The number of methoxy groups -OCH3 is 2. The van der Waals surface area contributed by atoms with Gasteiger partial charge < -0.3 is 14.8 Å². The highest BCUT2D eigenvalue weighted by atomic mass is 16.5. The van der Waals surface area contributed by atoms with Crippen molar-refractivity contribution in [2.45, 2.75) is 45.8 Å². The fourth-order valence-corrected chi connectivity index (χ4v) is 2.30. The third-order valence-corrected chi connectivity index (χ3v) is 3.57. The van der Waals surface area contributed by atoms with E-state index >= 15 is 0 Å². The molecule has 0 saturated carbocycles. The number of hydrogen-bond donors (Lipinski definition) is 1. The van der Waals surface area contributed by atoms with Crippen LogP contribution in [-0.2, 0) is 11.2 Å². The first-order valence-corrected chi connectivity index (χ1v) is 7.44. The molecule has 1 aromatic carbocycles. The van der Waals surface area contributed by atoms with Crippen molar-refractivity contribution in [2.24, 2.45) is 5.92 Å². The lowest BCUT2D eigenvalue weighted by Crippen LogP contribution is -2.31. The van der Waals surface area contributed by atoms with Gasteiger partial charge in [-0.1, -0.05) is 26.0 Å². The minimum atomic E-state index is 0.298. The first kappa shape index (κ1) is 17.0. The van der Waals surface area contributed by atoms with E-state index in [1.165, 1.54) is 5.56 Å². The lowest BCUT2D eigenvalue weighted by molar-refractivity contribution is 0.0942. The van der Waals surface area contributed by atoms with Gasteiger partial charge in [0, 0.05) is 13.2 Å². The van der Waals surface area contributed by atoms with Crippen molar-refractivity contribution in [1.29, 1.82) is 0 Å². The molecule has 0 bridgehead atoms. The summed E-state index contributed by atoms with van der Waals surface area (Å²) < 4.78 is 10.6. The number of benzene rings is 1. The van der Waals surface area contributed by atoms with Gasteiger partial charge in [-0.15, -0.1) is 0 Å². The molecule has 0 fully saturated rings. The van der Waals surface area contributed by atoms with Gasteiger partial charge in [0.15, 0.2) is 0 Å². The average Bonchev–Trinajstić information content (AvgIpc) is 2.45. The summed E-state index contributed by atoms with van der Waals surface area (Å²) in [6, 6.07) is 8.88. The Kier molecular flexibility index (Phi) is 7.63. The molecule has 3 heteroatoms. The molecule has 0 aromatic heterocycles. The Morgan fingerprint density at radius 2 is 1.70 bits per heavy atom. The Labute approximate surface area is 123 Å². The lowest BCUT2D eigenvalue weighted by Gasteiger charge is -2.22.